The third-order valence-electron chi connectivity index (χ3n) is 6.48. The second-order valence-corrected chi connectivity index (χ2v) is 9.23. The number of Topliss-reactive ketones (excluding diaryl/α,β-unsaturated/α-hetero) is 2. The van der Waals surface area contributed by atoms with Gasteiger partial charge in [0.05, 0.1) is 43.5 Å². The van der Waals surface area contributed by atoms with E-state index >= 15 is 0 Å². The summed E-state index contributed by atoms with van der Waals surface area (Å²) < 4.78 is 11.3. The molecule has 8 atom stereocenters. The van der Waals surface area contributed by atoms with Crippen molar-refractivity contribution in [3.8, 4) is 0 Å². The number of hydrogen-bond acceptors (Lipinski definition) is 9. The molecule has 178 valence electrons. The van der Waals surface area contributed by atoms with Crippen LogP contribution in [0.25, 0.3) is 0 Å². The third-order valence-corrected chi connectivity index (χ3v) is 6.48. The van der Waals surface area contributed by atoms with Crippen molar-refractivity contribution in [2.24, 2.45) is 11.8 Å². The SMILES string of the molecule is C[C@H]([C@@H]1O[C@H]1C[C@@H]1OC[C@H](CC(=O)CC(=O)c2ccc(N(C)C)nc2)[C@@H](O)[C@H]1O)[C@H](C)O. The molecule has 3 rings (SSSR count). The van der Waals surface area contributed by atoms with Gasteiger partial charge < -0.3 is 29.7 Å². The topological polar surface area (TPSA) is 133 Å². The van der Waals surface area contributed by atoms with E-state index in [0.717, 1.165) is 0 Å². The molecule has 2 fully saturated rings. The number of rotatable bonds is 10. The summed E-state index contributed by atoms with van der Waals surface area (Å²) in [6.07, 6.45) is -2.07. The Morgan fingerprint density at radius 3 is 2.50 bits per heavy atom. The highest BCUT2D eigenvalue weighted by Gasteiger charge is 2.48. The highest BCUT2D eigenvalue weighted by molar-refractivity contribution is 6.07. The molecule has 1 aromatic heterocycles. The van der Waals surface area contributed by atoms with Crippen LogP contribution >= 0.6 is 0 Å². The zero-order chi connectivity index (χ0) is 23.6. The van der Waals surface area contributed by atoms with Gasteiger partial charge >= 0.3 is 0 Å². The van der Waals surface area contributed by atoms with Gasteiger partial charge in [0.2, 0.25) is 0 Å². The van der Waals surface area contributed by atoms with Crippen LogP contribution in [0.3, 0.4) is 0 Å². The van der Waals surface area contributed by atoms with Gasteiger partial charge in [-0.15, -0.1) is 0 Å². The van der Waals surface area contributed by atoms with Gasteiger partial charge in [-0.05, 0) is 19.1 Å². The van der Waals surface area contributed by atoms with E-state index < -0.39 is 30.3 Å². The molecule has 3 N–H and O–H groups in total. The Labute approximate surface area is 188 Å². The number of aliphatic hydroxyl groups is 3. The van der Waals surface area contributed by atoms with Gasteiger partial charge in [-0.3, -0.25) is 9.59 Å². The zero-order valence-corrected chi connectivity index (χ0v) is 19.0. The van der Waals surface area contributed by atoms with Crippen molar-refractivity contribution >= 4 is 17.4 Å². The summed E-state index contributed by atoms with van der Waals surface area (Å²) >= 11 is 0. The summed E-state index contributed by atoms with van der Waals surface area (Å²) in [5.41, 5.74) is 0.356. The van der Waals surface area contributed by atoms with Gasteiger partial charge in [0.1, 0.15) is 17.7 Å². The number of carbonyl (C=O) groups is 2. The minimum Gasteiger partial charge on any atom is -0.393 e. The fourth-order valence-electron chi connectivity index (χ4n) is 4.10. The summed E-state index contributed by atoms with van der Waals surface area (Å²) in [6.45, 7) is 3.73. The average molecular weight is 451 g/mol. The number of nitrogens with zero attached hydrogens (tertiary/aromatic N) is 2. The molecule has 3 heterocycles. The van der Waals surface area contributed by atoms with Crippen LogP contribution in [0.5, 0.6) is 0 Å². The van der Waals surface area contributed by atoms with E-state index in [1.165, 1.54) is 6.20 Å². The number of ketones is 2. The molecule has 0 bridgehead atoms. The largest absolute Gasteiger partial charge is 0.393 e. The summed E-state index contributed by atoms with van der Waals surface area (Å²) in [7, 11) is 3.69. The minimum atomic E-state index is -1.15. The number of aromatic nitrogens is 1. The zero-order valence-electron chi connectivity index (χ0n) is 19.0. The second-order valence-electron chi connectivity index (χ2n) is 9.23. The Kier molecular flexibility index (Phi) is 8.00. The maximum Gasteiger partial charge on any atom is 0.171 e. The molecule has 32 heavy (non-hydrogen) atoms. The van der Waals surface area contributed by atoms with Gasteiger partial charge in [0.25, 0.3) is 0 Å². The number of epoxide rings is 1. The lowest BCUT2D eigenvalue weighted by molar-refractivity contribution is -0.170. The molecule has 9 heteroatoms. The summed E-state index contributed by atoms with van der Waals surface area (Å²) in [5, 5.41) is 30.7. The molecule has 2 saturated heterocycles. The Morgan fingerprint density at radius 1 is 1.19 bits per heavy atom. The highest BCUT2D eigenvalue weighted by Crippen LogP contribution is 2.37. The normalized spacial score (nSPS) is 31.6. The fraction of sp³-hybridized carbons (Fsp3) is 0.696. The summed E-state index contributed by atoms with van der Waals surface area (Å²) in [4.78, 5) is 30.8. The molecule has 0 amide bonds. The summed E-state index contributed by atoms with van der Waals surface area (Å²) in [6, 6.07) is 3.35. The number of pyridine rings is 1. The van der Waals surface area contributed by atoms with Crippen molar-refractivity contribution in [3.05, 3.63) is 23.9 Å². The molecule has 0 aromatic carbocycles. The van der Waals surface area contributed by atoms with Crippen LogP contribution in [0.1, 0.15) is 43.5 Å². The lowest BCUT2D eigenvalue weighted by Gasteiger charge is -2.37. The van der Waals surface area contributed by atoms with Gasteiger partial charge in [-0.1, -0.05) is 6.92 Å². The van der Waals surface area contributed by atoms with Crippen molar-refractivity contribution in [2.75, 3.05) is 25.6 Å². The van der Waals surface area contributed by atoms with Gasteiger partial charge in [-0.2, -0.15) is 0 Å². The van der Waals surface area contributed by atoms with E-state index in [4.69, 9.17) is 9.47 Å². The Hall–Kier alpha value is -1.91. The quantitative estimate of drug-likeness (QED) is 0.266. The van der Waals surface area contributed by atoms with E-state index in [9.17, 15) is 24.9 Å². The van der Waals surface area contributed by atoms with Gasteiger partial charge in [0, 0.05) is 50.5 Å². The molecule has 1 aromatic rings. The first-order valence-electron chi connectivity index (χ1n) is 11.1. The molecule has 9 nitrogen and oxygen atoms in total. The number of hydrogen-bond donors (Lipinski definition) is 3. The molecule has 0 spiro atoms. The summed E-state index contributed by atoms with van der Waals surface area (Å²) in [5.74, 6) is -0.545. The monoisotopic (exact) mass is 450 g/mol. The number of ether oxygens (including phenoxy) is 2. The van der Waals surface area contributed by atoms with Crippen molar-refractivity contribution < 1.29 is 34.4 Å². The second kappa shape index (κ2) is 10.4. The van der Waals surface area contributed by atoms with Crippen molar-refractivity contribution in [2.45, 2.75) is 69.7 Å². The van der Waals surface area contributed by atoms with E-state index in [-0.39, 0.29) is 49.1 Å². The van der Waals surface area contributed by atoms with Crippen LogP contribution in [0.4, 0.5) is 5.82 Å². The molecular weight excluding hydrogens is 416 g/mol. The Balaban J connectivity index is 1.47. The Morgan fingerprint density at radius 2 is 1.91 bits per heavy atom. The molecule has 2 aliphatic heterocycles. The predicted octanol–water partition coefficient (Wildman–Crippen LogP) is 0.591. The Bertz CT molecular complexity index is 798. The molecule has 0 unspecified atom stereocenters. The van der Waals surface area contributed by atoms with Crippen LogP contribution in [0.15, 0.2) is 18.3 Å². The van der Waals surface area contributed by atoms with Crippen LogP contribution < -0.4 is 4.90 Å². The average Bonchev–Trinajstić information content (AvgIpc) is 3.51. The number of carbonyl (C=O) groups excluding carboxylic acids is 2. The molecule has 0 saturated carbocycles. The first-order valence-corrected chi connectivity index (χ1v) is 11.1. The van der Waals surface area contributed by atoms with E-state index in [1.54, 1.807) is 19.1 Å². The number of anilines is 1. The van der Waals surface area contributed by atoms with Crippen LogP contribution in [-0.4, -0.2) is 89.2 Å². The molecule has 0 aliphatic carbocycles. The highest BCUT2D eigenvalue weighted by atomic mass is 16.6. The van der Waals surface area contributed by atoms with Crippen LogP contribution in [-0.2, 0) is 14.3 Å². The third kappa shape index (κ3) is 5.90. The van der Waals surface area contributed by atoms with Crippen molar-refractivity contribution in [1.82, 2.24) is 4.98 Å². The first kappa shape index (κ1) is 24.7. The van der Waals surface area contributed by atoms with E-state index in [1.807, 2.05) is 25.9 Å². The van der Waals surface area contributed by atoms with Gasteiger partial charge in [-0.25, -0.2) is 4.98 Å². The molecular formula is C23H34N2O7. The van der Waals surface area contributed by atoms with Crippen molar-refractivity contribution in [1.29, 1.82) is 0 Å². The van der Waals surface area contributed by atoms with E-state index in [0.29, 0.717) is 17.8 Å². The maximum atomic E-state index is 12.4. The predicted molar refractivity (Wildman–Crippen MR) is 117 cm³/mol. The minimum absolute atomic E-state index is 0.0251. The maximum absolute atomic E-state index is 12.4. The molecule has 2 aliphatic rings. The van der Waals surface area contributed by atoms with Gasteiger partial charge in [0.15, 0.2) is 5.78 Å². The van der Waals surface area contributed by atoms with Crippen molar-refractivity contribution in [3.63, 3.8) is 0 Å². The lowest BCUT2D eigenvalue weighted by Crippen LogP contribution is -2.51. The van der Waals surface area contributed by atoms with Crippen LogP contribution in [0, 0.1) is 11.8 Å². The fourth-order valence-corrected chi connectivity index (χ4v) is 4.10. The van der Waals surface area contributed by atoms with Crippen LogP contribution in [0.2, 0.25) is 0 Å². The lowest BCUT2D eigenvalue weighted by atomic mass is 9.85. The van der Waals surface area contributed by atoms with E-state index in [2.05, 4.69) is 4.98 Å². The number of aliphatic hydroxyl groups excluding tert-OH is 3. The standard InChI is InChI=1S/C23H34N2O7/c1-12(13(2)26)23-19(32-23)9-18-22(30)21(29)15(11-31-18)7-16(27)8-17(28)14-5-6-20(24-10-14)25(3)4/h5-6,10,12-13,15,18-19,21-23,26,29-30H,7-9,11H2,1-4H3/t12-,13-,15-,18-,19-,21+,22-,23-/m0/s1. The molecule has 0 radical (unpaired) electrons. The smallest absolute Gasteiger partial charge is 0.171 e. The first-order chi connectivity index (χ1) is 15.1.